The number of benzene rings is 1. The van der Waals surface area contributed by atoms with Crippen molar-refractivity contribution in [2.45, 2.75) is 30.7 Å². The van der Waals surface area contributed by atoms with Crippen molar-refractivity contribution in [3.8, 4) is 0 Å². The number of carbonyl (C=O) groups excluding carboxylic acids is 1. The summed E-state index contributed by atoms with van der Waals surface area (Å²) in [6, 6.07) is 3.01. The van der Waals surface area contributed by atoms with Crippen LogP contribution in [0.3, 0.4) is 0 Å². The first-order valence-electron chi connectivity index (χ1n) is 6.53. The summed E-state index contributed by atoms with van der Waals surface area (Å²) in [5.74, 6) is -0.320. The summed E-state index contributed by atoms with van der Waals surface area (Å²) < 4.78 is 25.9. The zero-order chi connectivity index (χ0) is 15.8. The van der Waals surface area contributed by atoms with Gasteiger partial charge in [0.2, 0.25) is 15.9 Å². The normalized spacial score (nSPS) is 15.2. The number of likely N-dealkylation sites (N-methyl/N-ethyl adjacent to an activating group) is 1. The number of nitrogens with one attached hydrogen (secondary N) is 1. The molecule has 0 unspecified atom stereocenters. The van der Waals surface area contributed by atoms with E-state index in [4.69, 9.17) is 17.3 Å². The lowest BCUT2D eigenvalue weighted by Gasteiger charge is -2.18. The summed E-state index contributed by atoms with van der Waals surface area (Å²) >= 11 is 6.00. The van der Waals surface area contributed by atoms with E-state index >= 15 is 0 Å². The Morgan fingerprint density at radius 2 is 2.10 bits per heavy atom. The molecule has 0 atom stereocenters. The molecule has 1 aromatic carbocycles. The van der Waals surface area contributed by atoms with Crippen LogP contribution in [-0.2, 0) is 14.8 Å². The average Bonchev–Trinajstić information content (AvgIpc) is 3.17. The van der Waals surface area contributed by atoms with Crippen molar-refractivity contribution in [3.63, 3.8) is 0 Å². The van der Waals surface area contributed by atoms with E-state index in [1.165, 1.54) is 19.2 Å². The molecule has 0 radical (unpaired) electrons. The van der Waals surface area contributed by atoms with Gasteiger partial charge in [0.25, 0.3) is 0 Å². The molecule has 0 bridgehead atoms. The molecule has 1 aliphatic carbocycles. The molecule has 1 aliphatic rings. The minimum Gasteiger partial charge on any atom is -0.398 e. The highest BCUT2D eigenvalue weighted by Gasteiger charge is 2.28. The van der Waals surface area contributed by atoms with Crippen LogP contribution in [0.4, 0.5) is 5.69 Å². The Kier molecular flexibility index (Phi) is 4.46. The minimum atomic E-state index is -3.86. The predicted octanol–water partition coefficient (Wildman–Crippen LogP) is 1.13. The zero-order valence-corrected chi connectivity index (χ0v) is 13.5. The van der Waals surface area contributed by atoms with Gasteiger partial charge in [0.1, 0.15) is 4.90 Å². The van der Waals surface area contributed by atoms with Gasteiger partial charge in [0.05, 0.1) is 11.6 Å². The molecule has 2 rings (SSSR count). The average molecular weight is 332 g/mol. The van der Waals surface area contributed by atoms with E-state index in [1.807, 2.05) is 0 Å². The lowest BCUT2D eigenvalue weighted by molar-refractivity contribution is -0.121. The third-order valence-corrected chi connectivity index (χ3v) is 5.59. The number of hydrogen-bond donors (Lipinski definition) is 2. The SMILES string of the molecule is Cc1cc(Cl)c(S(=O)(=O)N(C)CC(=O)NC2CC2)cc1N. The molecule has 1 fully saturated rings. The first-order chi connectivity index (χ1) is 9.71. The highest BCUT2D eigenvalue weighted by molar-refractivity contribution is 7.89. The van der Waals surface area contributed by atoms with Crippen molar-refractivity contribution in [3.05, 3.63) is 22.7 Å². The van der Waals surface area contributed by atoms with E-state index in [0.717, 1.165) is 17.1 Å². The second kappa shape index (κ2) is 5.82. The van der Waals surface area contributed by atoms with Crippen LogP contribution in [-0.4, -0.2) is 38.3 Å². The van der Waals surface area contributed by atoms with E-state index in [2.05, 4.69) is 5.32 Å². The minimum absolute atomic E-state index is 0.0889. The van der Waals surface area contributed by atoms with E-state index in [9.17, 15) is 13.2 Å². The number of aryl methyl sites for hydroxylation is 1. The lowest BCUT2D eigenvalue weighted by Crippen LogP contribution is -2.39. The standard InChI is InChI=1S/C13H18ClN3O3S/c1-8-5-10(14)12(6-11(8)15)21(19,20)17(2)7-13(18)16-9-3-4-9/h5-6,9H,3-4,7,15H2,1-2H3,(H,16,18). The Labute approximate surface area is 129 Å². The number of anilines is 1. The van der Waals surface area contributed by atoms with E-state index in [0.29, 0.717) is 11.3 Å². The van der Waals surface area contributed by atoms with Gasteiger partial charge in [-0.2, -0.15) is 4.31 Å². The number of sulfonamides is 1. The highest BCUT2D eigenvalue weighted by Crippen LogP contribution is 2.28. The summed E-state index contributed by atoms with van der Waals surface area (Å²) in [6.07, 6.45) is 1.89. The molecule has 0 aromatic heterocycles. The van der Waals surface area contributed by atoms with Gasteiger partial charge in [-0.15, -0.1) is 0 Å². The maximum Gasteiger partial charge on any atom is 0.244 e. The van der Waals surface area contributed by atoms with Crippen molar-refractivity contribution < 1.29 is 13.2 Å². The molecule has 1 aromatic rings. The molecule has 0 aliphatic heterocycles. The lowest BCUT2D eigenvalue weighted by atomic mass is 10.2. The van der Waals surface area contributed by atoms with Gasteiger partial charge in [-0.1, -0.05) is 11.6 Å². The van der Waals surface area contributed by atoms with Crippen LogP contribution in [0.2, 0.25) is 5.02 Å². The fraction of sp³-hybridized carbons (Fsp3) is 0.462. The maximum absolute atomic E-state index is 12.5. The number of nitrogens with two attached hydrogens (primary N) is 1. The van der Waals surface area contributed by atoms with Crippen LogP contribution in [0.25, 0.3) is 0 Å². The Morgan fingerprint density at radius 1 is 1.48 bits per heavy atom. The monoisotopic (exact) mass is 331 g/mol. The predicted molar refractivity (Wildman–Crippen MR) is 81.6 cm³/mol. The van der Waals surface area contributed by atoms with Gasteiger partial charge in [0, 0.05) is 18.8 Å². The second-order valence-electron chi connectivity index (χ2n) is 5.24. The number of rotatable bonds is 5. The Morgan fingerprint density at radius 3 is 2.67 bits per heavy atom. The van der Waals surface area contributed by atoms with E-state index < -0.39 is 10.0 Å². The van der Waals surface area contributed by atoms with Gasteiger partial charge < -0.3 is 11.1 Å². The fourth-order valence-corrected chi connectivity index (χ4v) is 3.54. The van der Waals surface area contributed by atoms with Crippen molar-refractivity contribution in [2.75, 3.05) is 19.3 Å². The van der Waals surface area contributed by atoms with Gasteiger partial charge in [-0.3, -0.25) is 4.79 Å². The molecular weight excluding hydrogens is 314 g/mol. The van der Waals surface area contributed by atoms with Crippen LogP contribution >= 0.6 is 11.6 Å². The molecule has 1 amide bonds. The van der Waals surface area contributed by atoms with Crippen molar-refractivity contribution in [2.24, 2.45) is 0 Å². The summed E-state index contributed by atoms with van der Waals surface area (Å²) in [6.45, 7) is 1.49. The molecular formula is C13H18ClN3O3S. The Hall–Kier alpha value is -1.31. The van der Waals surface area contributed by atoms with E-state index in [-0.39, 0.29) is 28.4 Å². The van der Waals surface area contributed by atoms with Crippen LogP contribution in [0, 0.1) is 6.92 Å². The number of hydrogen-bond acceptors (Lipinski definition) is 4. The van der Waals surface area contributed by atoms with Gasteiger partial charge in [-0.05, 0) is 37.5 Å². The summed E-state index contributed by atoms with van der Waals surface area (Å²) in [4.78, 5) is 11.6. The van der Waals surface area contributed by atoms with Crippen LogP contribution in [0.5, 0.6) is 0 Å². The van der Waals surface area contributed by atoms with Gasteiger partial charge in [-0.25, -0.2) is 8.42 Å². The smallest absolute Gasteiger partial charge is 0.244 e. The second-order valence-corrected chi connectivity index (χ2v) is 7.66. The number of halogens is 1. The molecule has 21 heavy (non-hydrogen) atoms. The molecule has 3 N–H and O–H groups in total. The number of nitrogens with zero attached hydrogens (tertiary/aromatic N) is 1. The van der Waals surface area contributed by atoms with Crippen molar-refractivity contribution in [1.82, 2.24) is 9.62 Å². The highest BCUT2D eigenvalue weighted by atomic mass is 35.5. The molecule has 116 valence electrons. The first-order valence-corrected chi connectivity index (χ1v) is 8.35. The number of carbonyl (C=O) groups is 1. The largest absolute Gasteiger partial charge is 0.398 e. The first kappa shape index (κ1) is 16.1. The quantitative estimate of drug-likeness (QED) is 0.791. The summed E-state index contributed by atoms with van der Waals surface area (Å²) in [7, 11) is -2.52. The fourth-order valence-electron chi connectivity index (χ4n) is 1.82. The molecule has 0 saturated heterocycles. The summed E-state index contributed by atoms with van der Waals surface area (Å²) in [5, 5.41) is 2.83. The Bertz CT molecular complexity index is 671. The topological polar surface area (TPSA) is 92.5 Å². The van der Waals surface area contributed by atoms with Crippen LogP contribution in [0.1, 0.15) is 18.4 Å². The summed E-state index contributed by atoms with van der Waals surface area (Å²) in [5.41, 5.74) is 6.78. The molecule has 6 nitrogen and oxygen atoms in total. The van der Waals surface area contributed by atoms with Gasteiger partial charge in [0.15, 0.2) is 0 Å². The van der Waals surface area contributed by atoms with Crippen LogP contribution < -0.4 is 11.1 Å². The molecule has 0 heterocycles. The van der Waals surface area contributed by atoms with Crippen molar-refractivity contribution in [1.29, 1.82) is 0 Å². The van der Waals surface area contributed by atoms with Gasteiger partial charge >= 0.3 is 0 Å². The molecule has 1 saturated carbocycles. The van der Waals surface area contributed by atoms with Crippen molar-refractivity contribution >= 4 is 33.2 Å². The third kappa shape index (κ3) is 3.66. The third-order valence-electron chi connectivity index (χ3n) is 3.32. The number of nitrogen functional groups attached to an aromatic ring is 1. The Balaban J connectivity index is 2.20. The number of amides is 1. The maximum atomic E-state index is 12.5. The molecule has 8 heteroatoms. The van der Waals surface area contributed by atoms with E-state index in [1.54, 1.807) is 6.92 Å². The molecule has 0 spiro atoms. The van der Waals surface area contributed by atoms with Crippen LogP contribution in [0.15, 0.2) is 17.0 Å². The zero-order valence-electron chi connectivity index (χ0n) is 11.9.